The van der Waals surface area contributed by atoms with Crippen molar-refractivity contribution >= 4 is 245 Å². The van der Waals surface area contributed by atoms with E-state index < -0.39 is 109 Å². The zero-order valence-electron chi connectivity index (χ0n) is 77.4. The van der Waals surface area contributed by atoms with Gasteiger partial charge >= 0.3 is 46.9 Å². The predicted octanol–water partition coefficient (Wildman–Crippen LogP) is 11.7. The van der Waals surface area contributed by atoms with Gasteiger partial charge in [0.2, 0.25) is 0 Å². The number of benzene rings is 4. The molecule has 2 fully saturated rings. The number of hydrogen-bond acceptors (Lipinski definition) is 34. The lowest BCUT2D eigenvalue weighted by molar-refractivity contribution is 0.237. The van der Waals surface area contributed by atoms with Crippen LogP contribution < -0.4 is 106 Å². The minimum absolute atomic E-state index is 0.0214. The maximum absolute atomic E-state index is 13.2. The van der Waals surface area contributed by atoms with Gasteiger partial charge in [0.25, 0.3) is 62.3 Å². The van der Waals surface area contributed by atoms with Crippen LogP contribution in [0.1, 0.15) is 45.4 Å². The van der Waals surface area contributed by atoms with Gasteiger partial charge in [-0.1, -0.05) is 59.7 Å². The molecule has 1 aliphatic carbocycles. The number of hydrogen-bond donors (Lipinski definition) is 16. The Bertz CT molecular complexity index is 8780. The standard InChI is InChI=1S/C25H26ClN7O5S2.C22H22ClN7O5S2.C22H19ClN6O5S2.C21H19ClN6O5S2/c26-20-7-9-22(39-20)40(37,38)31-24(35)29-17-5-8-21(28-15-17)33-23(34)18-6-4-16(14-19(18)30-25(33)36)27-10-13-32-11-2-1-3-12-32;1-29(2)10-9-24-13-3-5-15-16(11-13)27-22(33)30(20(15)31)18-7-4-14(12-25-18)26-21(32)28-37(34,35)19-8-6-17(23)36-19;23-17-6-8-19(35-17)36(33,34)28-21(31)26-14-4-7-18(25-11-14)29-20(30)15-5-3-13(24-10-12-1-2-12)9-16(15)27-22(29)32;1-2-9-23-12-3-5-14-15(10-12)26-21(31)28(19(14)29)17-7-4-13(11-24-17)25-20(30)27-35(32,33)18-8-6-16(22)34-18/h4-9,14-15,27H,1-3,10-13H2,(H,30,36)(H2,29,31,35);3-8,11-12,24H,9-10H2,1-2H3,(H,27,33)(H2,26,28,32);3-9,11-12,24H,1-2,10H2,(H,27,32)(H2,26,28,31);3-8,10-11,23H,2,9H2,1H3,(H,26,31)(H2,25,27,30). The maximum atomic E-state index is 13.2. The molecule has 1 aliphatic heterocycles. The van der Waals surface area contributed by atoms with Gasteiger partial charge < -0.3 is 72.3 Å². The van der Waals surface area contributed by atoms with Gasteiger partial charge in [-0.2, -0.15) is 0 Å². The number of likely N-dealkylation sites (N-methyl/N-ethyl adjacent to an activating group) is 1. The number of aromatic nitrogens is 12. The van der Waals surface area contributed by atoms with E-state index in [1.807, 2.05) is 44.8 Å². The van der Waals surface area contributed by atoms with Crippen LogP contribution in [0.15, 0.2) is 250 Å². The third-order valence-corrected chi connectivity index (χ3v) is 33.9. The number of rotatable bonds is 30. The number of aromatic amines is 4. The number of carbonyl (C=O) groups is 4. The summed E-state index contributed by atoms with van der Waals surface area (Å²) < 4.78 is 110. The van der Waals surface area contributed by atoms with Crippen LogP contribution in [-0.4, -0.2) is 192 Å². The summed E-state index contributed by atoms with van der Waals surface area (Å²) in [6, 6.07) is 38.1. The number of H-pyrrole nitrogens is 4. The van der Waals surface area contributed by atoms with Crippen molar-refractivity contribution in [1.29, 1.82) is 0 Å². The lowest BCUT2D eigenvalue weighted by Crippen LogP contribution is -2.35. The maximum Gasteiger partial charge on any atom is 0.334 e. The van der Waals surface area contributed by atoms with Gasteiger partial charge in [0.1, 0.15) is 40.1 Å². The Kier molecular flexibility index (Phi) is 34.1. The van der Waals surface area contributed by atoms with Gasteiger partial charge in [-0.25, -0.2) is 129 Å². The molecule has 18 rings (SSSR count). The Balaban J connectivity index is 0.000000148. The summed E-state index contributed by atoms with van der Waals surface area (Å²) in [5.41, 5.74) is 0.382. The fraction of sp³-hybridized carbons (Fsp3) is 0.200. The van der Waals surface area contributed by atoms with Crippen LogP contribution in [0.5, 0.6) is 0 Å². The molecule has 4 aromatic carbocycles. The number of piperidine rings is 1. The van der Waals surface area contributed by atoms with Gasteiger partial charge in [-0.3, -0.25) is 19.2 Å². The second-order valence-corrected chi connectivity index (χ2v) is 47.2. The second kappa shape index (κ2) is 46.9. The van der Waals surface area contributed by atoms with Crippen LogP contribution in [0.4, 0.5) is 64.7 Å². The van der Waals surface area contributed by atoms with E-state index in [9.17, 15) is 91.2 Å². The SMILES string of the molecule is CCCNc1ccc2c(=O)n(-c3ccc(NC(=O)NS(=O)(=O)c4ccc(Cl)s4)cn3)c(=O)[nH]c2c1.CN(C)CCNc1ccc2c(=O)n(-c3ccc(NC(=O)NS(=O)(=O)c4ccc(Cl)s4)cn3)c(=O)[nH]c2c1.O=C(Nc1ccc(-n2c(=O)[nH]c3cc(NCC4CC4)ccc3c2=O)nc1)NS(=O)(=O)c1ccc(Cl)s1.O=C(Nc1ccc(-n2c(=O)[nH]c3cc(NCCN4CCCCC4)ccc3c2=O)nc1)NS(=O)(=O)c1ccc(Cl)s1. The highest BCUT2D eigenvalue weighted by Gasteiger charge is 2.28. The van der Waals surface area contributed by atoms with Crippen LogP contribution in [0.3, 0.4) is 0 Å². The smallest absolute Gasteiger partial charge is 0.334 e. The molecule has 2 aliphatic rings. The summed E-state index contributed by atoms with van der Waals surface area (Å²) in [5, 5.41) is 23.7. The van der Waals surface area contributed by atoms with Gasteiger partial charge in [0, 0.05) is 62.0 Å². The summed E-state index contributed by atoms with van der Waals surface area (Å²) in [6.07, 6.45) is 11.9. The fourth-order valence-corrected chi connectivity index (χ4v) is 24.0. The zero-order valence-corrected chi connectivity index (χ0v) is 86.9. The lowest BCUT2D eigenvalue weighted by atomic mass is 10.1. The average Bonchev–Trinajstić information content (AvgIpc) is 0.970. The monoisotopic (exact) mass is 2250 g/mol. The zero-order chi connectivity index (χ0) is 106. The number of sulfonamides is 4. The highest BCUT2D eigenvalue weighted by atomic mass is 35.5. The molecule has 13 heterocycles. The molecule has 0 unspecified atom stereocenters. The number of likely N-dealkylation sites (tertiary alicyclic amines) is 1. The quantitative estimate of drug-likeness (QED) is 0.0199. The Hall–Kier alpha value is -14.8. The number of amides is 8. The number of anilines is 8. The topological polar surface area (TPSA) is 627 Å². The normalized spacial score (nSPS) is 12.7. The molecule has 12 aromatic heterocycles. The molecule has 16 N–H and O–H groups in total. The molecule has 148 heavy (non-hydrogen) atoms. The van der Waals surface area contributed by atoms with Gasteiger partial charge in [0.15, 0.2) is 0 Å². The van der Waals surface area contributed by atoms with Crippen LogP contribution >= 0.6 is 91.8 Å². The first-order valence-electron chi connectivity index (χ1n) is 44.3. The molecule has 46 nitrogen and oxygen atoms in total. The van der Waals surface area contributed by atoms with Crippen molar-refractivity contribution in [2.75, 3.05) is 109 Å². The van der Waals surface area contributed by atoms with E-state index in [-0.39, 0.29) is 80.2 Å². The third kappa shape index (κ3) is 27.3. The number of urea groups is 4. The van der Waals surface area contributed by atoms with Crippen molar-refractivity contribution in [3.05, 3.63) is 295 Å². The number of fused-ring (bicyclic) bond motifs is 4. The molecule has 0 atom stereocenters. The van der Waals surface area contributed by atoms with Crippen LogP contribution in [0.2, 0.25) is 17.3 Å². The highest BCUT2D eigenvalue weighted by Crippen LogP contribution is 2.32. The van der Waals surface area contributed by atoms with Crippen molar-refractivity contribution in [2.24, 2.45) is 5.92 Å². The summed E-state index contributed by atoms with van der Waals surface area (Å²) in [6.45, 7) is 9.03. The molecule has 1 saturated heterocycles. The second-order valence-electron chi connectivity index (χ2n) is 32.7. The average molecular weight is 2250 g/mol. The van der Waals surface area contributed by atoms with Crippen molar-refractivity contribution < 1.29 is 52.8 Å². The molecule has 0 bridgehead atoms. The molecule has 58 heteroatoms. The van der Waals surface area contributed by atoms with E-state index in [1.165, 1.54) is 154 Å². The Morgan fingerprint density at radius 1 is 0.358 bits per heavy atom. The minimum atomic E-state index is -4.10. The van der Waals surface area contributed by atoms with E-state index >= 15 is 0 Å². The summed E-state index contributed by atoms with van der Waals surface area (Å²) in [4.78, 5) is 183. The first kappa shape index (κ1) is 107. The predicted molar refractivity (Wildman–Crippen MR) is 572 cm³/mol. The Labute approximate surface area is 873 Å². The van der Waals surface area contributed by atoms with E-state index in [0.29, 0.717) is 56.1 Å². The number of halogens is 4. The molecular weight excluding hydrogens is 2160 g/mol. The van der Waals surface area contributed by atoms with Gasteiger partial charge in [0.05, 0.1) is 108 Å². The van der Waals surface area contributed by atoms with Gasteiger partial charge in [-0.15, -0.1) is 45.3 Å². The third-order valence-electron chi connectivity index (χ3n) is 21.7. The van der Waals surface area contributed by atoms with E-state index in [4.69, 9.17) is 46.4 Å². The Morgan fingerprint density at radius 2 is 0.628 bits per heavy atom. The molecule has 0 radical (unpaired) electrons. The summed E-state index contributed by atoms with van der Waals surface area (Å²) in [7, 11) is -12.5. The lowest BCUT2D eigenvalue weighted by Gasteiger charge is -2.26. The highest BCUT2D eigenvalue weighted by molar-refractivity contribution is 7.93. The van der Waals surface area contributed by atoms with Crippen LogP contribution in [-0.2, 0) is 40.1 Å². The number of nitrogens with one attached hydrogen (secondary N) is 16. The number of carbonyl (C=O) groups excluding carboxylic acids is 4. The molecule has 772 valence electrons. The van der Waals surface area contributed by atoms with E-state index in [2.05, 4.69) is 87.3 Å². The first-order chi connectivity index (χ1) is 70.6. The minimum Gasteiger partial charge on any atom is -0.385 e. The van der Waals surface area contributed by atoms with E-state index in [0.717, 1.165) is 139 Å². The van der Waals surface area contributed by atoms with Crippen LogP contribution in [0.25, 0.3) is 66.9 Å². The molecular formula is C90H86Cl4N26O20S8. The Morgan fingerprint density at radius 3 is 0.878 bits per heavy atom. The first-order valence-corrected chi connectivity index (χ1v) is 55.0. The molecule has 1 saturated carbocycles. The molecule has 0 spiro atoms. The summed E-state index contributed by atoms with van der Waals surface area (Å²) >= 11 is 26.2. The molecule has 16 aromatic rings. The van der Waals surface area contributed by atoms with Crippen molar-refractivity contribution in [1.82, 2.24) is 86.8 Å². The number of thiophene rings is 4. The largest absolute Gasteiger partial charge is 0.385 e. The van der Waals surface area contributed by atoms with Crippen molar-refractivity contribution in [3.63, 3.8) is 0 Å². The van der Waals surface area contributed by atoms with E-state index in [1.54, 1.807) is 72.8 Å². The van der Waals surface area contributed by atoms with Crippen LogP contribution in [0, 0.1) is 5.92 Å². The number of pyridine rings is 4. The fourth-order valence-electron chi connectivity index (χ4n) is 14.4. The number of nitrogens with zero attached hydrogens (tertiary/aromatic N) is 10. The van der Waals surface area contributed by atoms with Gasteiger partial charge in [-0.05, 0) is 235 Å². The van der Waals surface area contributed by atoms with Crippen molar-refractivity contribution in [2.45, 2.75) is 62.3 Å². The summed E-state index contributed by atoms with van der Waals surface area (Å²) in [5.74, 6) is 0.785. The molecule has 8 amide bonds. The van der Waals surface area contributed by atoms with Crippen molar-refractivity contribution in [3.8, 4) is 23.3 Å².